The molecular formula is C32H28O3. The minimum Gasteiger partial charge on any atom is -0.490 e. The molecule has 1 aliphatic carbocycles. The molecule has 0 aromatic heterocycles. The maximum absolute atomic E-state index is 11.6. The molecule has 3 nitrogen and oxygen atoms in total. The van der Waals surface area contributed by atoms with Crippen LogP contribution in [0, 0.1) is 6.92 Å². The normalized spacial score (nSPS) is 13.0. The Morgan fingerprint density at radius 3 is 1.97 bits per heavy atom. The second-order valence-electron chi connectivity index (χ2n) is 8.95. The molecule has 0 unspecified atom stereocenters. The van der Waals surface area contributed by atoms with Crippen LogP contribution < -0.4 is 4.74 Å². The minimum atomic E-state index is -0.422. The predicted octanol–water partition coefficient (Wildman–Crippen LogP) is 6.86. The number of benzene rings is 4. The van der Waals surface area contributed by atoms with Crippen molar-refractivity contribution >= 4 is 5.97 Å². The lowest BCUT2D eigenvalue weighted by Crippen LogP contribution is -2.28. The van der Waals surface area contributed by atoms with Gasteiger partial charge in [0.25, 0.3) is 0 Å². The molecule has 35 heavy (non-hydrogen) atoms. The van der Waals surface area contributed by atoms with Crippen molar-refractivity contribution in [3.63, 3.8) is 0 Å². The van der Waals surface area contributed by atoms with Gasteiger partial charge < -0.3 is 9.47 Å². The van der Waals surface area contributed by atoms with Gasteiger partial charge in [0.15, 0.2) is 0 Å². The Kier molecular flexibility index (Phi) is 6.00. The summed E-state index contributed by atoms with van der Waals surface area (Å²) in [6.45, 7) is 7.76. The van der Waals surface area contributed by atoms with Crippen LogP contribution in [0.25, 0.3) is 11.1 Å². The standard InChI is InChI=1S/C32H28O3/c1-22(2)31(33)35-20-19-34-30-18-17-25(21-23(30)3)32(24-11-5-4-6-12-24)28-15-9-7-13-26(28)27-14-8-10-16-29(27)32/h4-18,21H,1,19-20H2,2-3H3. The van der Waals surface area contributed by atoms with E-state index in [0.29, 0.717) is 5.57 Å². The number of rotatable bonds is 7. The van der Waals surface area contributed by atoms with Crippen LogP contribution in [0.4, 0.5) is 0 Å². The number of carbonyl (C=O) groups is 1. The van der Waals surface area contributed by atoms with Gasteiger partial charge in [-0.1, -0.05) is 97.6 Å². The SMILES string of the molecule is C=C(C)C(=O)OCCOc1ccc(C2(c3ccccc3)c3ccccc3-c3ccccc32)cc1C. The van der Waals surface area contributed by atoms with Crippen molar-refractivity contribution in [3.8, 4) is 16.9 Å². The van der Waals surface area contributed by atoms with Crippen molar-refractivity contribution in [3.05, 3.63) is 137 Å². The summed E-state index contributed by atoms with van der Waals surface area (Å²) in [5, 5.41) is 0. The first kappa shape index (κ1) is 22.7. The van der Waals surface area contributed by atoms with Crippen molar-refractivity contribution < 1.29 is 14.3 Å². The highest BCUT2D eigenvalue weighted by Crippen LogP contribution is 2.56. The lowest BCUT2D eigenvalue weighted by molar-refractivity contribution is -0.139. The van der Waals surface area contributed by atoms with Crippen molar-refractivity contribution in [2.24, 2.45) is 0 Å². The molecule has 174 valence electrons. The fourth-order valence-electron chi connectivity index (χ4n) is 5.17. The summed E-state index contributed by atoms with van der Waals surface area (Å²) >= 11 is 0. The number of ether oxygens (including phenoxy) is 2. The zero-order chi connectivity index (χ0) is 24.4. The molecule has 5 rings (SSSR count). The molecule has 0 fully saturated rings. The Balaban J connectivity index is 1.58. The molecule has 0 spiro atoms. The first-order valence-corrected chi connectivity index (χ1v) is 11.8. The van der Waals surface area contributed by atoms with Crippen LogP contribution in [0.15, 0.2) is 109 Å². The van der Waals surface area contributed by atoms with E-state index >= 15 is 0 Å². The van der Waals surface area contributed by atoms with Crippen molar-refractivity contribution in [1.82, 2.24) is 0 Å². The zero-order valence-electron chi connectivity index (χ0n) is 20.1. The van der Waals surface area contributed by atoms with Gasteiger partial charge in [0.05, 0.1) is 5.41 Å². The number of hydrogen-bond acceptors (Lipinski definition) is 3. The van der Waals surface area contributed by atoms with Gasteiger partial charge in [-0.2, -0.15) is 0 Å². The molecule has 3 heteroatoms. The Hall–Kier alpha value is -4.11. The zero-order valence-corrected chi connectivity index (χ0v) is 20.1. The molecule has 0 N–H and O–H groups in total. The van der Waals surface area contributed by atoms with E-state index in [1.54, 1.807) is 6.92 Å². The van der Waals surface area contributed by atoms with Gasteiger partial charge in [-0.15, -0.1) is 0 Å². The Morgan fingerprint density at radius 2 is 1.37 bits per heavy atom. The van der Waals surface area contributed by atoms with Crippen molar-refractivity contribution in [2.45, 2.75) is 19.3 Å². The van der Waals surface area contributed by atoms with E-state index in [1.165, 1.54) is 33.4 Å². The van der Waals surface area contributed by atoms with Gasteiger partial charge in [-0.3, -0.25) is 0 Å². The minimum absolute atomic E-state index is 0.182. The van der Waals surface area contributed by atoms with Gasteiger partial charge in [-0.05, 0) is 58.9 Å². The summed E-state index contributed by atoms with van der Waals surface area (Å²) in [7, 11) is 0. The van der Waals surface area contributed by atoms with Crippen LogP contribution in [-0.2, 0) is 14.9 Å². The van der Waals surface area contributed by atoms with Gasteiger partial charge in [-0.25, -0.2) is 4.79 Å². The van der Waals surface area contributed by atoms with Crippen molar-refractivity contribution in [1.29, 1.82) is 0 Å². The fourth-order valence-corrected chi connectivity index (χ4v) is 5.17. The summed E-state index contributed by atoms with van der Waals surface area (Å²) in [5.74, 6) is 0.381. The molecule has 4 aromatic carbocycles. The van der Waals surface area contributed by atoms with Crippen LogP contribution in [0.3, 0.4) is 0 Å². The quantitative estimate of drug-likeness (QED) is 0.151. The summed E-state index contributed by atoms with van der Waals surface area (Å²) in [4.78, 5) is 11.6. The van der Waals surface area contributed by atoms with Crippen LogP contribution >= 0.6 is 0 Å². The monoisotopic (exact) mass is 460 g/mol. The first-order chi connectivity index (χ1) is 17.0. The smallest absolute Gasteiger partial charge is 0.333 e. The molecule has 1 aliphatic rings. The molecular weight excluding hydrogens is 432 g/mol. The molecule has 0 bridgehead atoms. The number of fused-ring (bicyclic) bond motifs is 3. The molecule has 0 amide bonds. The third kappa shape index (κ3) is 3.83. The predicted molar refractivity (Wildman–Crippen MR) is 140 cm³/mol. The van der Waals surface area contributed by atoms with Gasteiger partial charge in [0, 0.05) is 5.57 Å². The van der Waals surface area contributed by atoms with Crippen LogP contribution in [0.1, 0.15) is 34.7 Å². The summed E-state index contributed by atoms with van der Waals surface area (Å²) in [5.41, 5.74) is 8.53. The number of carbonyl (C=O) groups excluding carboxylic acids is 1. The van der Waals surface area contributed by atoms with Gasteiger partial charge >= 0.3 is 5.97 Å². The highest BCUT2D eigenvalue weighted by atomic mass is 16.6. The molecule has 0 saturated carbocycles. The molecule has 0 atom stereocenters. The van der Waals surface area contributed by atoms with E-state index in [1.807, 2.05) is 6.07 Å². The van der Waals surface area contributed by atoms with E-state index < -0.39 is 11.4 Å². The van der Waals surface area contributed by atoms with E-state index in [0.717, 1.165) is 11.3 Å². The van der Waals surface area contributed by atoms with Gasteiger partial charge in [0.2, 0.25) is 0 Å². The average molecular weight is 461 g/mol. The van der Waals surface area contributed by atoms with E-state index in [2.05, 4.69) is 104 Å². The summed E-state index contributed by atoms with van der Waals surface area (Å²) in [6, 6.07) is 34.5. The second-order valence-corrected chi connectivity index (χ2v) is 8.95. The average Bonchev–Trinajstić information content (AvgIpc) is 3.19. The molecule has 0 radical (unpaired) electrons. The number of hydrogen-bond donors (Lipinski definition) is 0. The first-order valence-electron chi connectivity index (χ1n) is 11.8. The number of aryl methyl sites for hydroxylation is 1. The van der Waals surface area contributed by atoms with E-state index in [-0.39, 0.29) is 13.2 Å². The Labute approximate surface area is 206 Å². The summed E-state index contributed by atoms with van der Waals surface area (Å²) < 4.78 is 11.1. The third-order valence-corrected chi connectivity index (χ3v) is 6.69. The molecule has 0 heterocycles. The maximum atomic E-state index is 11.6. The topological polar surface area (TPSA) is 35.5 Å². The highest BCUT2D eigenvalue weighted by molar-refractivity contribution is 5.87. The lowest BCUT2D eigenvalue weighted by atomic mass is 9.67. The third-order valence-electron chi connectivity index (χ3n) is 6.69. The van der Waals surface area contributed by atoms with Gasteiger partial charge in [0.1, 0.15) is 19.0 Å². The van der Waals surface area contributed by atoms with Crippen molar-refractivity contribution in [2.75, 3.05) is 13.2 Å². The maximum Gasteiger partial charge on any atom is 0.333 e. The highest BCUT2D eigenvalue weighted by Gasteiger charge is 2.45. The van der Waals surface area contributed by atoms with Crippen LogP contribution in [0.2, 0.25) is 0 Å². The molecule has 0 aliphatic heterocycles. The van der Waals surface area contributed by atoms with Crippen LogP contribution in [0.5, 0.6) is 5.75 Å². The lowest BCUT2D eigenvalue weighted by Gasteiger charge is -2.34. The Bertz CT molecular complexity index is 1360. The second kappa shape index (κ2) is 9.27. The summed E-state index contributed by atoms with van der Waals surface area (Å²) in [6.07, 6.45) is 0. The van der Waals surface area contributed by atoms with E-state index in [4.69, 9.17) is 9.47 Å². The van der Waals surface area contributed by atoms with Crippen LogP contribution in [-0.4, -0.2) is 19.2 Å². The Morgan fingerprint density at radius 1 is 0.771 bits per heavy atom. The molecule has 4 aromatic rings. The fraction of sp³-hybridized carbons (Fsp3) is 0.156. The molecule has 0 saturated heterocycles. The number of esters is 1. The largest absolute Gasteiger partial charge is 0.490 e. The van der Waals surface area contributed by atoms with E-state index in [9.17, 15) is 4.79 Å².